The van der Waals surface area contributed by atoms with Crippen LogP contribution >= 0.6 is 23.2 Å². The second-order valence-corrected chi connectivity index (χ2v) is 3.09. The predicted molar refractivity (Wildman–Crippen MR) is 46.6 cm³/mol. The van der Waals surface area contributed by atoms with Crippen molar-refractivity contribution in [3.05, 3.63) is 31.7 Å². The van der Waals surface area contributed by atoms with Crippen molar-refractivity contribution in [2.45, 2.75) is 13.8 Å². The fourth-order valence-corrected chi connectivity index (χ4v) is 1.16. The van der Waals surface area contributed by atoms with E-state index in [1.54, 1.807) is 13.8 Å². The molecule has 0 aliphatic rings. The minimum atomic E-state index is -0.334. The summed E-state index contributed by atoms with van der Waals surface area (Å²) in [5.74, 6) is 0. The summed E-state index contributed by atoms with van der Waals surface area (Å²) >= 11 is 11.3. The lowest BCUT2D eigenvalue weighted by Gasteiger charge is -2.02. The van der Waals surface area contributed by atoms with Gasteiger partial charge < -0.3 is 4.98 Å². The fraction of sp³-hybridized carbons (Fsp3) is 0.286. The summed E-state index contributed by atoms with van der Waals surface area (Å²) in [5.41, 5.74) is 1.24. The van der Waals surface area contributed by atoms with Crippen molar-refractivity contribution in [1.82, 2.24) is 4.98 Å². The van der Waals surface area contributed by atoms with Crippen molar-refractivity contribution in [1.29, 1.82) is 0 Å². The molecule has 1 N–H and O–H groups in total. The van der Waals surface area contributed by atoms with Crippen LogP contribution in [0, 0.1) is 13.8 Å². The molecule has 0 saturated carbocycles. The Bertz CT molecular complexity index is 343. The third kappa shape index (κ3) is 1.42. The van der Waals surface area contributed by atoms with E-state index in [1.807, 2.05) is 0 Å². The number of H-pyrrole nitrogens is 1. The van der Waals surface area contributed by atoms with Crippen molar-refractivity contribution in [3.63, 3.8) is 0 Å². The maximum atomic E-state index is 10.9. The molecule has 11 heavy (non-hydrogen) atoms. The van der Waals surface area contributed by atoms with E-state index in [1.165, 1.54) is 0 Å². The first-order valence-corrected chi connectivity index (χ1v) is 3.84. The van der Waals surface area contributed by atoms with Gasteiger partial charge in [0.2, 0.25) is 0 Å². The van der Waals surface area contributed by atoms with E-state index < -0.39 is 0 Å². The molecule has 1 heterocycles. The highest BCUT2D eigenvalue weighted by molar-refractivity contribution is 6.42. The molecular weight excluding hydrogens is 185 g/mol. The first-order valence-electron chi connectivity index (χ1n) is 3.08. The molecule has 0 bridgehead atoms. The van der Waals surface area contributed by atoms with Crippen molar-refractivity contribution < 1.29 is 0 Å². The lowest BCUT2D eigenvalue weighted by molar-refractivity contribution is 1.10. The van der Waals surface area contributed by atoms with Gasteiger partial charge in [0.15, 0.2) is 0 Å². The van der Waals surface area contributed by atoms with Gasteiger partial charge in [-0.3, -0.25) is 4.79 Å². The summed E-state index contributed by atoms with van der Waals surface area (Å²) in [6, 6.07) is 0. The lowest BCUT2D eigenvalue weighted by atomic mass is 10.2. The number of hydrogen-bond donors (Lipinski definition) is 1. The Kier molecular flexibility index (Phi) is 2.25. The minimum absolute atomic E-state index is 0.0646. The third-order valence-corrected chi connectivity index (χ3v) is 2.51. The summed E-state index contributed by atoms with van der Waals surface area (Å²) in [4.78, 5) is 13.5. The second kappa shape index (κ2) is 2.88. The monoisotopic (exact) mass is 191 g/mol. The Labute approximate surface area is 74.1 Å². The zero-order chi connectivity index (χ0) is 8.59. The van der Waals surface area contributed by atoms with Gasteiger partial charge in [-0.2, -0.15) is 0 Å². The van der Waals surface area contributed by atoms with Crippen LogP contribution in [0.25, 0.3) is 0 Å². The minimum Gasteiger partial charge on any atom is -0.325 e. The van der Waals surface area contributed by atoms with Gasteiger partial charge in [0, 0.05) is 5.69 Å². The third-order valence-electron chi connectivity index (χ3n) is 1.58. The van der Waals surface area contributed by atoms with Crippen molar-refractivity contribution >= 4 is 23.2 Å². The molecule has 2 nitrogen and oxygen atoms in total. The molecule has 0 spiro atoms. The number of aromatic nitrogens is 1. The number of aryl methyl sites for hydroxylation is 1. The van der Waals surface area contributed by atoms with Gasteiger partial charge in [0.25, 0.3) is 5.56 Å². The second-order valence-electron chi connectivity index (χ2n) is 2.33. The molecule has 1 rings (SSSR count). The van der Waals surface area contributed by atoms with Gasteiger partial charge in [-0.1, -0.05) is 23.2 Å². The average molecular weight is 192 g/mol. The molecule has 0 atom stereocenters. The van der Waals surface area contributed by atoms with Crippen LogP contribution in [-0.4, -0.2) is 4.98 Å². The Hall–Kier alpha value is -0.470. The molecule has 60 valence electrons. The van der Waals surface area contributed by atoms with Crippen LogP contribution in [0.2, 0.25) is 10.0 Å². The van der Waals surface area contributed by atoms with E-state index in [9.17, 15) is 4.79 Å². The highest BCUT2D eigenvalue weighted by Gasteiger charge is 2.07. The zero-order valence-electron chi connectivity index (χ0n) is 6.16. The summed E-state index contributed by atoms with van der Waals surface area (Å²) in [7, 11) is 0. The quantitative estimate of drug-likeness (QED) is 0.671. The van der Waals surface area contributed by atoms with E-state index in [2.05, 4.69) is 4.98 Å². The molecule has 0 aliphatic carbocycles. The van der Waals surface area contributed by atoms with Crippen molar-refractivity contribution in [2.75, 3.05) is 0 Å². The fourth-order valence-electron chi connectivity index (χ4n) is 0.748. The topological polar surface area (TPSA) is 32.9 Å². The van der Waals surface area contributed by atoms with Crippen LogP contribution in [-0.2, 0) is 0 Å². The van der Waals surface area contributed by atoms with Gasteiger partial charge in [-0.05, 0) is 19.4 Å². The van der Waals surface area contributed by atoms with Crippen LogP contribution in [0.4, 0.5) is 0 Å². The lowest BCUT2D eigenvalue weighted by Crippen LogP contribution is -2.09. The summed E-state index contributed by atoms with van der Waals surface area (Å²) in [5, 5.41) is 0.405. The van der Waals surface area contributed by atoms with Gasteiger partial charge in [-0.15, -0.1) is 0 Å². The molecule has 1 aromatic heterocycles. The standard InChI is InChI=1S/C7H7Cl2NO/c1-3-4(2)10-7(11)6(9)5(3)8/h1-2H3,(H,10,11). The van der Waals surface area contributed by atoms with E-state index in [0.29, 0.717) is 5.02 Å². The molecule has 0 aromatic carbocycles. The Morgan fingerprint density at radius 3 is 2.27 bits per heavy atom. The number of pyridine rings is 1. The van der Waals surface area contributed by atoms with Gasteiger partial charge >= 0.3 is 0 Å². The smallest absolute Gasteiger partial charge is 0.268 e. The summed E-state index contributed by atoms with van der Waals surface area (Å²) in [6.07, 6.45) is 0. The van der Waals surface area contributed by atoms with Crippen molar-refractivity contribution in [2.24, 2.45) is 0 Å². The maximum absolute atomic E-state index is 10.9. The van der Waals surface area contributed by atoms with Crippen LogP contribution in [0.1, 0.15) is 11.3 Å². The summed E-state index contributed by atoms with van der Waals surface area (Å²) in [6.45, 7) is 3.58. The molecule has 1 aromatic rings. The number of hydrogen-bond acceptors (Lipinski definition) is 1. The number of rotatable bonds is 0. The number of nitrogens with one attached hydrogen (secondary N) is 1. The Balaban J connectivity index is 3.59. The molecular formula is C7H7Cl2NO. The van der Waals surface area contributed by atoms with Crippen LogP contribution in [0.15, 0.2) is 4.79 Å². The SMILES string of the molecule is Cc1[nH]c(=O)c(Cl)c(Cl)c1C. The number of aromatic amines is 1. The van der Waals surface area contributed by atoms with Crippen LogP contribution < -0.4 is 5.56 Å². The van der Waals surface area contributed by atoms with Crippen LogP contribution in [0.3, 0.4) is 0 Å². The van der Waals surface area contributed by atoms with E-state index in [4.69, 9.17) is 23.2 Å². The van der Waals surface area contributed by atoms with E-state index in [0.717, 1.165) is 11.3 Å². The van der Waals surface area contributed by atoms with Gasteiger partial charge in [-0.25, -0.2) is 0 Å². The molecule has 0 fully saturated rings. The zero-order valence-corrected chi connectivity index (χ0v) is 7.68. The number of halogens is 2. The first-order chi connectivity index (χ1) is 5.04. The molecule has 0 radical (unpaired) electrons. The highest BCUT2D eigenvalue weighted by atomic mass is 35.5. The van der Waals surface area contributed by atoms with E-state index in [-0.39, 0.29) is 10.6 Å². The Morgan fingerprint density at radius 1 is 1.18 bits per heavy atom. The molecule has 0 amide bonds. The molecule has 0 unspecified atom stereocenters. The van der Waals surface area contributed by atoms with Crippen LogP contribution in [0.5, 0.6) is 0 Å². The molecule has 0 saturated heterocycles. The molecule has 0 aliphatic heterocycles. The first kappa shape index (κ1) is 8.62. The highest BCUT2D eigenvalue weighted by Crippen LogP contribution is 2.22. The van der Waals surface area contributed by atoms with E-state index >= 15 is 0 Å². The molecule has 4 heteroatoms. The van der Waals surface area contributed by atoms with Gasteiger partial charge in [0.05, 0.1) is 5.02 Å². The normalized spacial score (nSPS) is 10.2. The maximum Gasteiger partial charge on any atom is 0.268 e. The van der Waals surface area contributed by atoms with Crippen molar-refractivity contribution in [3.8, 4) is 0 Å². The Morgan fingerprint density at radius 2 is 1.73 bits per heavy atom. The average Bonchev–Trinajstić information content (AvgIpc) is 1.97. The largest absolute Gasteiger partial charge is 0.325 e. The summed E-state index contributed by atoms with van der Waals surface area (Å²) < 4.78 is 0. The van der Waals surface area contributed by atoms with Gasteiger partial charge in [0.1, 0.15) is 5.02 Å². The predicted octanol–water partition coefficient (Wildman–Crippen LogP) is 2.30.